The highest BCUT2D eigenvalue weighted by Gasteiger charge is 2.50. The molecule has 170 valence electrons. The summed E-state index contributed by atoms with van der Waals surface area (Å²) in [4.78, 5) is 27.4. The van der Waals surface area contributed by atoms with E-state index >= 15 is 0 Å². The molecule has 4 nitrogen and oxygen atoms in total. The van der Waals surface area contributed by atoms with Crippen molar-refractivity contribution in [2.45, 2.75) is 51.8 Å². The molecule has 2 amide bonds. The number of hydrogen-bond acceptors (Lipinski definition) is 3. The van der Waals surface area contributed by atoms with Crippen molar-refractivity contribution in [1.82, 2.24) is 4.90 Å². The normalized spacial score (nSPS) is 23.8. The van der Waals surface area contributed by atoms with Crippen molar-refractivity contribution in [1.29, 1.82) is 0 Å². The Morgan fingerprint density at radius 3 is 2.44 bits per heavy atom. The summed E-state index contributed by atoms with van der Waals surface area (Å²) in [5.74, 6) is 0.676. The number of nitrogens with zero attached hydrogens (tertiary/aromatic N) is 1. The highest BCUT2D eigenvalue weighted by Crippen LogP contribution is 2.52. The first-order chi connectivity index (χ1) is 15.1. The van der Waals surface area contributed by atoms with Crippen molar-refractivity contribution in [3.05, 3.63) is 65.5 Å². The van der Waals surface area contributed by atoms with Crippen LogP contribution in [0.1, 0.15) is 56.0 Å². The van der Waals surface area contributed by atoms with Gasteiger partial charge in [-0.15, -0.1) is 11.8 Å². The van der Waals surface area contributed by atoms with Gasteiger partial charge >= 0.3 is 0 Å². The molecule has 2 bridgehead atoms. The number of likely N-dealkylation sites (tertiary alicyclic amines) is 1. The average molecular weight is 455 g/mol. The molecular formula is C26H31FN2O2S. The molecular weight excluding hydrogens is 423 g/mol. The Morgan fingerprint density at radius 2 is 1.75 bits per heavy atom. The smallest absolute Gasteiger partial charge is 0.254 e. The van der Waals surface area contributed by atoms with Crippen LogP contribution in [0.15, 0.2) is 48.5 Å². The van der Waals surface area contributed by atoms with Gasteiger partial charge in [0.2, 0.25) is 5.91 Å². The Hall–Kier alpha value is -2.34. The van der Waals surface area contributed by atoms with Crippen LogP contribution in [0.25, 0.3) is 0 Å². The van der Waals surface area contributed by atoms with Crippen molar-refractivity contribution in [3.8, 4) is 0 Å². The molecule has 4 rings (SSSR count). The lowest BCUT2D eigenvalue weighted by atomic mass is 9.65. The quantitative estimate of drug-likeness (QED) is 0.606. The first-order valence-electron chi connectivity index (χ1n) is 11.2. The molecule has 32 heavy (non-hydrogen) atoms. The van der Waals surface area contributed by atoms with Gasteiger partial charge in [0.25, 0.3) is 5.91 Å². The first kappa shape index (κ1) is 22.8. The summed E-state index contributed by atoms with van der Waals surface area (Å²) in [5, 5.41) is 2.76. The number of hydrogen-bond donors (Lipinski definition) is 1. The lowest BCUT2D eigenvalue weighted by Crippen LogP contribution is -2.37. The van der Waals surface area contributed by atoms with Crippen LogP contribution >= 0.6 is 11.8 Å². The number of halogens is 1. The average Bonchev–Trinajstić information content (AvgIpc) is 2.98. The standard InChI is InChI=1S/C26H31FN2O2S/c1-25(2)12-22-13-26(3,16-25)17-29(22)24(31)19-6-4-18(5-7-19)14-32-15-23(30)28-21-10-8-20(27)9-11-21/h4-11,22H,12-17H2,1-3H3,(H,28,30). The fraction of sp³-hybridized carbons (Fsp3) is 0.462. The molecule has 1 N–H and O–H groups in total. The Bertz CT molecular complexity index is 990. The molecule has 2 aliphatic rings. The molecule has 0 spiro atoms. The molecule has 2 unspecified atom stereocenters. The second-order valence-electron chi connectivity index (χ2n) is 10.4. The Morgan fingerprint density at radius 1 is 1.06 bits per heavy atom. The third-order valence-electron chi connectivity index (χ3n) is 6.51. The third kappa shape index (κ3) is 5.34. The van der Waals surface area contributed by atoms with Gasteiger partial charge in [-0.25, -0.2) is 4.39 Å². The number of benzene rings is 2. The Labute approximate surface area is 194 Å². The number of carbonyl (C=O) groups is 2. The van der Waals surface area contributed by atoms with Crippen LogP contribution in [0, 0.1) is 16.6 Å². The van der Waals surface area contributed by atoms with Crippen LogP contribution in [0.2, 0.25) is 0 Å². The Balaban J connectivity index is 1.28. The second-order valence-corrected chi connectivity index (χ2v) is 11.4. The van der Waals surface area contributed by atoms with Crippen LogP contribution in [0.4, 0.5) is 10.1 Å². The molecule has 0 aromatic heterocycles. The van der Waals surface area contributed by atoms with Crippen LogP contribution in [0.3, 0.4) is 0 Å². The van der Waals surface area contributed by atoms with Crippen molar-refractivity contribution in [3.63, 3.8) is 0 Å². The molecule has 2 fully saturated rings. The number of nitrogens with one attached hydrogen (secondary N) is 1. The minimum Gasteiger partial charge on any atom is -0.335 e. The predicted octanol–water partition coefficient (Wildman–Crippen LogP) is 5.74. The molecule has 6 heteroatoms. The van der Waals surface area contributed by atoms with E-state index in [1.54, 1.807) is 12.1 Å². The molecule has 1 aliphatic heterocycles. The second kappa shape index (κ2) is 8.89. The fourth-order valence-corrected chi connectivity index (χ4v) is 6.39. The molecule has 2 atom stereocenters. The van der Waals surface area contributed by atoms with Crippen LogP contribution in [-0.4, -0.2) is 35.1 Å². The maximum Gasteiger partial charge on any atom is 0.254 e. The largest absolute Gasteiger partial charge is 0.335 e. The lowest BCUT2D eigenvalue weighted by molar-refractivity contribution is -0.113. The lowest BCUT2D eigenvalue weighted by Gasteiger charge is -2.39. The van der Waals surface area contributed by atoms with Crippen molar-refractivity contribution >= 4 is 29.3 Å². The minimum absolute atomic E-state index is 0.120. The molecule has 1 aliphatic carbocycles. The maximum atomic E-state index is 13.2. The first-order valence-corrected chi connectivity index (χ1v) is 12.3. The molecule has 1 heterocycles. The van der Waals surface area contributed by atoms with Gasteiger partial charge in [0.1, 0.15) is 5.82 Å². The van der Waals surface area contributed by atoms with Gasteiger partial charge in [-0.2, -0.15) is 0 Å². The van der Waals surface area contributed by atoms with Crippen LogP contribution in [0.5, 0.6) is 0 Å². The SMILES string of the molecule is CC1(C)CC2CC(C)(CN2C(=O)c2ccc(CSCC(=O)Nc3ccc(F)cc3)cc2)C1. The zero-order chi connectivity index (χ0) is 22.9. The number of carbonyl (C=O) groups excluding carboxylic acids is 2. The third-order valence-corrected chi connectivity index (χ3v) is 7.51. The maximum absolute atomic E-state index is 13.2. The summed E-state index contributed by atoms with van der Waals surface area (Å²) >= 11 is 1.51. The number of amides is 2. The van der Waals surface area contributed by atoms with Gasteiger partial charge in [-0.1, -0.05) is 32.9 Å². The predicted molar refractivity (Wildman–Crippen MR) is 128 cm³/mol. The molecule has 1 saturated carbocycles. The van der Waals surface area contributed by atoms with E-state index in [-0.39, 0.29) is 28.5 Å². The van der Waals surface area contributed by atoms with E-state index in [1.165, 1.54) is 30.3 Å². The van der Waals surface area contributed by atoms with Gasteiger partial charge in [0.05, 0.1) is 5.75 Å². The summed E-state index contributed by atoms with van der Waals surface area (Å²) in [7, 11) is 0. The topological polar surface area (TPSA) is 49.4 Å². The highest BCUT2D eigenvalue weighted by molar-refractivity contribution is 7.99. The monoisotopic (exact) mass is 454 g/mol. The zero-order valence-corrected chi connectivity index (χ0v) is 19.8. The van der Waals surface area contributed by atoms with Crippen molar-refractivity contribution in [2.75, 3.05) is 17.6 Å². The van der Waals surface area contributed by atoms with E-state index in [9.17, 15) is 14.0 Å². The summed E-state index contributed by atoms with van der Waals surface area (Å²) in [6.07, 6.45) is 3.35. The van der Waals surface area contributed by atoms with Gasteiger partial charge < -0.3 is 10.2 Å². The number of fused-ring (bicyclic) bond motifs is 2. The van der Waals surface area contributed by atoms with E-state index < -0.39 is 0 Å². The molecule has 2 aromatic rings. The summed E-state index contributed by atoms with van der Waals surface area (Å²) < 4.78 is 12.9. The molecule has 2 aromatic carbocycles. The van der Waals surface area contributed by atoms with Crippen molar-refractivity contribution < 1.29 is 14.0 Å². The van der Waals surface area contributed by atoms with E-state index in [0.29, 0.717) is 23.2 Å². The summed E-state index contributed by atoms with van der Waals surface area (Å²) in [6, 6.07) is 13.8. The highest BCUT2D eigenvalue weighted by atomic mass is 32.2. The van der Waals surface area contributed by atoms with E-state index in [2.05, 4.69) is 31.0 Å². The van der Waals surface area contributed by atoms with Gasteiger partial charge in [-0.3, -0.25) is 9.59 Å². The number of anilines is 1. The van der Waals surface area contributed by atoms with E-state index in [4.69, 9.17) is 0 Å². The minimum atomic E-state index is -0.329. The van der Waals surface area contributed by atoms with Crippen LogP contribution < -0.4 is 5.32 Å². The number of rotatable bonds is 6. The fourth-order valence-electron chi connectivity index (χ4n) is 5.60. The van der Waals surface area contributed by atoms with Gasteiger partial charge in [0.15, 0.2) is 0 Å². The van der Waals surface area contributed by atoms with E-state index in [1.807, 2.05) is 24.3 Å². The number of thioether (sulfide) groups is 1. The van der Waals surface area contributed by atoms with Gasteiger partial charge in [0, 0.05) is 29.6 Å². The summed E-state index contributed by atoms with van der Waals surface area (Å²) in [5.41, 5.74) is 2.92. The summed E-state index contributed by atoms with van der Waals surface area (Å²) in [6.45, 7) is 7.80. The van der Waals surface area contributed by atoms with Crippen molar-refractivity contribution in [2.24, 2.45) is 10.8 Å². The molecule has 1 saturated heterocycles. The zero-order valence-electron chi connectivity index (χ0n) is 19.0. The van der Waals surface area contributed by atoms with E-state index in [0.717, 1.165) is 30.5 Å². The van der Waals surface area contributed by atoms with Gasteiger partial charge in [-0.05, 0) is 72.1 Å². The Kier molecular flexibility index (Phi) is 6.35. The molecule has 0 radical (unpaired) electrons. The van der Waals surface area contributed by atoms with Crippen LogP contribution in [-0.2, 0) is 10.5 Å².